The molecule has 2 rings (SSSR count). The van der Waals surface area contributed by atoms with Gasteiger partial charge in [0.2, 0.25) is 5.91 Å². The summed E-state index contributed by atoms with van der Waals surface area (Å²) in [5.41, 5.74) is 1.13. The molecule has 2 unspecified atom stereocenters. The molecule has 1 heterocycles. The fraction of sp³-hybridized carbons (Fsp3) is 0.400. The van der Waals surface area contributed by atoms with Crippen molar-refractivity contribution >= 4 is 11.6 Å². The molecule has 1 saturated heterocycles. The van der Waals surface area contributed by atoms with E-state index in [4.69, 9.17) is 10.5 Å². The molecule has 1 aliphatic heterocycles. The van der Waals surface area contributed by atoms with Crippen LogP contribution in [0, 0.1) is 28.6 Å². The van der Waals surface area contributed by atoms with E-state index in [-0.39, 0.29) is 17.5 Å². The van der Waals surface area contributed by atoms with Crippen LogP contribution in [-0.2, 0) is 4.79 Å². The summed E-state index contributed by atoms with van der Waals surface area (Å²) in [5, 5.41) is 23.8. The van der Waals surface area contributed by atoms with E-state index in [0.29, 0.717) is 17.2 Å². The molecule has 5 heteroatoms. The summed E-state index contributed by atoms with van der Waals surface area (Å²) in [4.78, 5) is 12.1. The standard InChI is InChI=1S/C15H16N4O/c1-10-4-5-18-14(6-10)15(20)19-13-3-2-11(8-16)12(7-13)9-17/h2-3,7,10,14,18H,4-6H2,1H3,(H,19,20). The molecule has 0 saturated carbocycles. The van der Waals surface area contributed by atoms with Gasteiger partial charge in [0, 0.05) is 5.69 Å². The van der Waals surface area contributed by atoms with Crippen molar-refractivity contribution in [2.45, 2.75) is 25.8 Å². The Hall–Kier alpha value is -2.37. The second-order valence-electron chi connectivity index (χ2n) is 5.11. The van der Waals surface area contributed by atoms with Crippen LogP contribution in [0.2, 0.25) is 0 Å². The molecule has 20 heavy (non-hydrogen) atoms. The van der Waals surface area contributed by atoms with E-state index >= 15 is 0 Å². The normalized spacial score (nSPS) is 21.6. The zero-order valence-electron chi connectivity index (χ0n) is 11.3. The van der Waals surface area contributed by atoms with E-state index in [2.05, 4.69) is 17.6 Å². The van der Waals surface area contributed by atoms with E-state index < -0.39 is 0 Å². The first kappa shape index (κ1) is 14.0. The number of carbonyl (C=O) groups is 1. The maximum absolute atomic E-state index is 12.1. The van der Waals surface area contributed by atoms with Crippen LogP contribution in [0.1, 0.15) is 30.9 Å². The van der Waals surface area contributed by atoms with Gasteiger partial charge in [-0.15, -0.1) is 0 Å². The third kappa shape index (κ3) is 3.14. The number of amides is 1. The Bertz CT molecular complexity index is 597. The molecular formula is C15H16N4O. The molecule has 1 aromatic rings. The molecule has 1 aromatic carbocycles. The molecule has 102 valence electrons. The largest absolute Gasteiger partial charge is 0.325 e. The lowest BCUT2D eigenvalue weighted by atomic mass is 9.94. The Morgan fingerprint density at radius 1 is 1.35 bits per heavy atom. The zero-order chi connectivity index (χ0) is 14.5. The molecule has 0 aliphatic carbocycles. The third-order valence-electron chi connectivity index (χ3n) is 3.51. The molecule has 5 nitrogen and oxygen atoms in total. The number of nitrogens with one attached hydrogen (secondary N) is 2. The molecule has 0 aromatic heterocycles. The highest BCUT2D eigenvalue weighted by Crippen LogP contribution is 2.18. The molecular weight excluding hydrogens is 252 g/mol. The molecule has 1 amide bonds. The number of nitrogens with zero attached hydrogens (tertiary/aromatic N) is 2. The lowest BCUT2D eigenvalue weighted by Gasteiger charge is -2.27. The Kier molecular flexibility index (Phi) is 4.34. The average molecular weight is 268 g/mol. The summed E-state index contributed by atoms with van der Waals surface area (Å²) in [7, 11) is 0. The number of piperidine rings is 1. The van der Waals surface area contributed by atoms with Gasteiger partial charge in [0.25, 0.3) is 0 Å². The molecule has 1 aliphatic rings. The van der Waals surface area contributed by atoms with Gasteiger partial charge in [0.1, 0.15) is 12.1 Å². The molecule has 0 radical (unpaired) electrons. The van der Waals surface area contributed by atoms with Crippen molar-refractivity contribution in [2.24, 2.45) is 5.92 Å². The number of carbonyl (C=O) groups excluding carboxylic acids is 1. The van der Waals surface area contributed by atoms with E-state index in [0.717, 1.165) is 19.4 Å². The quantitative estimate of drug-likeness (QED) is 0.855. The Morgan fingerprint density at radius 3 is 2.75 bits per heavy atom. The van der Waals surface area contributed by atoms with Crippen LogP contribution in [-0.4, -0.2) is 18.5 Å². The average Bonchev–Trinajstić information content (AvgIpc) is 2.47. The van der Waals surface area contributed by atoms with E-state index in [1.54, 1.807) is 12.1 Å². The Balaban J connectivity index is 2.08. The van der Waals surface area contributed by atoms with Crippen molar-refractivity contribution in [3.8, 4) is 12.1 Å². The van der Waals surface area contributed by atoms with Crippen molar-refractivity contribution < 1.29 is 4.79 Å². The maximum Gasteiger partial charge on any atom is 0.241 e. The number of hydrogen-bond acceptors (Lipinski definition) is 4. The van der Waals surface area contributed by atoms with Gasteiger partial charge in [-0.1, -0.05) is 6.92 Å². The summed E-state index contributed by atoms with van der Waals surface area (Å²) in [6.45, 7) is 2.98. The van der Waals surface area contributed by atoms with Crippen LogP contribution in [0.25, 0.3) is 0 Å². The third-order valence-corrected chi connectivity index (χ3v) is 3.51. The van der Waals surface area contributed by atoms with Crippen LogP contribution in [0.15, 0.2) is 18.2 Å². The summed E-state index contributed by atoms with van der Waals surface area (Å²) < 4.78 is 0. The highest BCUT2D eigenvalue weighted by molar-refractivity contribution is 5.95. The van der Waals surface area contributed by atoms with Gasteiger partial charge in [0.05, 0.1) is 17.2 Å². The van der Waals surface area contributed by atoms with Crippen LogP contribution < -0.4 is 10.6 Å². The highest BCUT2D eigenvalue weighted by atomic mass is 16.2. The summed E-state index contributed by atoms with van der Waals surface area (Å²) >= 11 is 0. The molecule has 2 atom stereocenters. The van der Waals surface area contributed by atoms with E-state index in [1.165, 1.54) is 6.07 Å². The Morgan fingerprint density at radius 2 is 2.10 bits per heavy atom. The number of benzene rings is 1. The minimum Gasteiger partial charge on any atom is -0.325 e. The topological polar surface area (TPSA) is 88.7 Å². The van der Waals surface area contributed by atoms with Gasteiger partial charge in [0.15, 0.2) is 0 Å². The lowest BCUT2D eigenvalue weighted by Crippen LogP contribution is -2.45. The van der Waals surface area contributed by atoms with Crippen LogP contribution >= 0.6 is 0 Å². The maximum atomic E-state index is 12.1. The van der Waals surface area contributed by atoms with Gasteiger partial charge < -0.3 is 10.6 Å². The first-order chi connectivity index (χ1) is 9.63. The second kappa shape index (κ2) is 6.18. The van der Waals surface area contributed by atoms with Crippen LogP contribution in [0.3, 0.4) is 0 Å². The fourth-order valence-electron chi connectivity index (χ4n) is 2.35. The van der Waals surface area contributed by atoms with Gasteiger partial charge in [-0.05, 0) is 43.5 Å². The zero-order valence-corrected chi connectivity index (χ0v) is 11.3. The minimum atomic E-state index is -0.195. The first-order valence-corrected chi connectivity index (χ1v) is 6.62. The van der Waals surface area contributed by atoms with E-state index in [1.807, 2.05) is 12.1 Å². The smallest absolute Gasteiger partial charge is 0.241 e. The predicted molar refractivity (Wildman–Crippen MR) is 74.7 cm³/mol. The van der Waals surface area contributed by atoms with E-state index in [9.17, 15) is 4.79 Å². The van der Waals surface area contributed by atoms with Crippen molar-refractivity contribution in [1.29, 1.82) is 10.5 Å². The van der Waals surface area contributed by atoms with Crippen LogP contribution in [0.4, 0.5) is 5.69 Å². The highest BCUT2D eigenvalue weighted by Gasteiger charge is 2.24. The van der Waals surface area contributed by atoms with Crippen molar-refractivity contribution in [3.63, 3.8) is 0 Å². The number of rotatable bonds is 2. The van der Waals surface area contributed by atoms with Crippen molar-refractivity contribution in [1.82, 2.24) is 5.32 Å². The molecule has 2 N–H and O–H groups in total. The SMILES string of the molecule is CC1CCNC(C(=O)Nc2ccc(C#N)c(C#N)c2)C1. The molecule has 0 spiro atoms. The number of hydrogen-bond donors (Lipinski definition) is 2. The molecule has 0 bridgehead atoms. The summed E-state index contributed by atoms with van der Waals surface area (Å²) in [6, 6.07) is 8.43. The lowest BCUT2D eigenvalue weighted by molar-refractivity contribution is -0.119. The Labute approximate surface area is 118 Å². The number of anilines is 1. The van der Waals surface area contributed by atoms with Gasteiger partial charge in [-0.25, -0.2) is 0 Å². The number of nitriles is 2. The van der Waals surface area contributed by atoms with Crippen LogP contribution in [0.5, 0.6) is 0 Å². The minimum absolute atomic E-state index is 0.0925. The molecule has 1 fully saturated rings. The monoisotopic (exact) mass is 268 g/mol. The predicted octanol–water partition coefficient (Wildman–Crippen LogP) is 1.76. The first-order valence-electron chi connectivity index (χ1n) is 6.62. The van der Waals surface area contributed by atoms with Gasteiger partial charge >= 0.3 is 0 Å². The van der Waals surface area contributed by atoms with Crippen molar-refractivity contribution in [2.75, 3.05) is 11.9 Å². The second-order valence-corrected chi connectivity index (χ2v) is 5.11. The fourth-order valence-corrected chi connectivity index (χ4v) is 2.35. The van der Waals surface area contributed by atoms with Gasteiger partial charge in [-0.2, -0.15) is 10.5 Å². The summed E-state index contributed by atoms with van der Waals surface area (Å²) in [6.07, 6.45) is 1.90. The van der Waals surface area contributed by atoms with Crippen molar-refractivity contribution in [3.05, 3.63) is 29.3 Å². The van der Waals surface area contributed by atoms with Gasteiger partial charge in [-0.3, -0.25) is 4.79 Å². The summed E-state index contributed by atoms with van der Waals surface area (Å²) in [5.74, 6) is 0.438.